The molecule has 0 saturated heterocycles. The number of aryl methyl sites for hydroxylation is 1. The number of nitrogens with zero attached hydrogens (tertiary/aromatic N) is 2. The topological polar surface area (TPSA) is 77.0 Å². The number of para-hydroxylation sites is 1. The molecule has 0 bridgehead atoms. The van der Waals surface area contributed by atoms with E-state index in [4.69, 9.17) is 4.74 Å². The number of aromatic nitrogens is 3. The lowest BCUT2D eigenvalue weighted by Crippen LogP contribution is -2.15. The molecule has 2 heterocycles. The number of H-pyrrole nitrogens is 1. The van der Waals surface area contributed by atoms with E-state index in [0.717, 1.165) is 11.4 Å². The summed E-state index contributed by atoms with van der Waals surface area (Å²) in [6, 6.07) is 9.24. The summed E-state index contributed by atoms with van der Waals surface area (Å²) in [4.78, 5) is 32.1. The molecule has 142 valence electrons. The van der Waals surface area contributed by atoms with Crippen LogP contribution in [0.15, 0.2) is 40.3 Å². The summed E-state index contributed by atoms with van der Waals surface area (Å²) >= 11 is 1.24. The largest absolute Gasteiger partial charge is 0.383 e. The minimum atomic E-state index is -0.192. The van der Waals surface area contributed by atoms with Crippen LogP contribution in [0.25, 0.3) is 10.9 Å². The number of nitrogens with one attached hydrogen (secondary N) is 1. The predicted octanol–water partition coefficient (Wildman–Crippen LogP) is 3.52. The second-order valence-corrected chi connectivity index (χ2v) is 7.52. The van der Waals surface area contributed by atoms with E-state index in [1.54, 1.807) is 25.3 Å². The normalized spacial score (nSPS) is 12.4. The quantitative estimate of drug-likeness (QED) is 0.382. The fourth-order valence-corrected chi connectivity index (χ4v) is 4.15. The molecule has 1 N–H and O–H groups in total. The Balaban J connectivity index is 1.79. The van der Waals surface area contributed by atoms with E-state index in [-0.39, 0.29) is 23.1 Å². The van der Waals surface area contributed by atoms with Gasteiger partial charge in [-0.15, -0.1) is 0 Å². The Kier molecular flexibility index (Phi) is 5.82. The van der Waals surface area contributed by atoms with Gasteiger partial charge < -0.3 is 14.3 Å². The van der Waals surface area contributed by atoms with Gasteiger partial charge in [0, 0.05) is 24.1 Å². The molecule has 3 aromatic rings. The lowest BCUT2D eigenvalue weighted by molar-refractivity contribution is 0.102. The minimum Gasteiger partial charge on any atom is -0.383 e. The number of methoxy groups -OCH3 is 1. The molecule has 0 saturated carbocycles. The molecular weight excluding hydrogens is 362 g/mol. The molecule has 6 nitrogen and oxygen atoms in total. The average molecular weight is 385 g/mol. The van der Waals surface area contributed by atoms with Crippen molar-refractivity contribution in [3.8, 4) is 0 Å². The Labute approximate surface area is 162 Å². The highest BCUT2D eigenvalue weighted by atomic mass is 32.2. The zero-order valence-corrected chi connectivity index (χ0v) is 16.7. The van der Waals surface area contributed by atoms with Gasteiger partial charge >= 0.3 is 0 Å². The van der Waals surface area contributed by atoms with Crippen molar-refractivity contribution >= 4 is 28.4 Å². The molecule has 2 aromatic heterocycles. The molecule has 0 radical (unpaired) electrons. The van der Waals surface area contributed by atoms with Gasteiger partial charge in [-0.05, 0) is 39.0 Å². The van der Waals surface area contributed by atoms with Crippen molar-refractivity contribution in [2.75, 3.05) is 19.5 Å². The molecule has 27 heavy (non-hydrogen) atoms. The van der Waals surface area contributed by atoms with E-state index >= 15 is 0 Å². The summed E-state index contributed by atoms with van der Waals surface area (Å²) in [6.07, 6.45) is 0. The van der Waals surface area contributed by atoms with Crippen molar-refractivity contribution in [1.29, 1.82) is 0 Å². The molecular formula is C20H23N3O3S. The number of aromatic amines is 1. The van der Waals surface area contributed by atoms with E-state index in [1.165, 1.54) is 11.8 Å². The Morgan fingerprint density at radius 1 is 1.33 bits per heavy atom. The summed E-state index contributed by atoms with van der Waals surface area (Å²) in [7, 11) is 1.67. The van der Waals surface area contributed by atoms with Crippen LogP contribution in [0.1, 0.15) is 34.7 Å². The van der Waals surface area contributed by atoms with Crippen LogP contribution in [0.5, 0.6) is 0 Å². The number of thioether (sulfide) groups is 1. The summed E-state index contributed by atoms with van der Waals surface area (Å²) in [6.45, 7) is 6.59. The molecule has 0 aliphatic heterocycles. The third kappa shape index (κ3) is 3.99. The molecule has 7 heteroatoms. The summed E-state index contributed by atoms with van der Waals surface area (Å²) < 4.78 is 7.36. The summed E-state index contributed by atoms with van der Waals surface area (Å²) in [5.41, 5.74) is 3.10. The second-order valence-electron chi connectivity index (χ2n) is 6.56. The van der Waals surface area contributed by atoms with Crippen molar-refractivity contribution in [2.24, 2.45) is 0 Å². The number of rotatable bonds is 7. The van der Waals surface area contributed by atoms with Gasteiger partial charge in [0.15, 0.2) is 10.9 Å². The fraction of sp³-hybridized carbons (Fsp3) is 0.350. The number of hydrogen-bond acceptors (Lipinski definition) is 5. The number of hydrogen-bond donors (Lipinski definition) is 1. The molecule has 3 rings (SSSR count). The Hall–Kier alpha value is -2.38. The van der Waals surface area contributed by atoms with Crippen LogP contribution in [-0.2, 0) is 4.74 Å². The summed E-state index contributed by atoms with van der Waals surface area (Å²) in [5, 5.41) is 0.998. The van der Waals surface area contributed by atoms with Crippen LogP contribution in [0.4, 0.5) is 0 Å². The van der Waals surface area contributed by atoms with Crippen molar-refractivity contribution < 1.29 is 9.53 Å². The van der Waals surface area contributed by atoms with Gasteiger partial charge in [-0.2, -0.15) is 0 Å². The van der Waals surface area contributed by atoms with E-state index in [2.05, 4.69) is 21.5 Å². The zero-order valence-electron chi connectivity index (χ0n) is 15.9. The number of Topliss-reactive ketones (excluding diaryl/α,β-unsaturated/α-hetero) is 1. The van der Waals surface area contributed by atoms with Gasteiger partial charge in [-0.3, -0.25) is 9.59 Å². The van der Waals surface area contributed by atoms with Gasteiger partial charge in [0.1, 0.15) is 0 Å². The van der Waals surface area contributed by atoms with Crippen LogP contribution in [0, 0.1) is 13.8 Å². The first-order valence-corrected chi connectivity index (χ1v) is 9.73. The highest BCUT2D eigenvalue weighted by Crippen LogP contribution is 2.23. The number of carbonyl (C=O) groups is 1. The van der Waals surface area contributed by atoms with Gasteiger partial charge in [-0.25, -0.2) is 4.98 Å². The van der Waals surface area contributed by atoms with Crippen molar-refractivity contribution in [2.45, 2.75) is 32.0 Å². The molecule has 0 aliphatic rings. The number of ketones is 1. The van der Waals surface area contributed by atoms with Gasteiger partial charge in [0.25, 0.3) is 5.56 Å². The average Bonchev–Trinajstić information content (AvgIpc) is 2.94. The van der Waals surface area contributed by atoms with E-state index in [1.807, 2.05) is 26.0 Å². The third-order valence-corrected chi connectivity index (χ3v) is 5.44. The third-order valence-electron chi connectivity index (χ3n) is 4.56. The smallest absolute Gasteiger partial charge is 0.259 e. The zero-order chi connectivity index (χ0) is 19.6. The number of ether oxygens (including phenoxy) is 1. The van der Waals surface area contributed by atoms with Crippen molar-refractivity contribution in [1.82, 2.24) is 14.5 Å². The molecule has 0 fully saturated rings. The van der Waals surface area contributed by atoms with E-state index in [9.17, 15) is 9.59 Å². The summed E-state index contributed by atoms with van der Waals surface area (Å²) in [5.74, 6) is 0.226. The maximum atomic E-state index is 12.7. The second kappa shape index (κ2) is 8.10. The SMILES string of the molecule is COC[C@@H](C)n1c(C)cc(C(=O)CSc2nc3ccccc3c(=O)[nH]2)c1C. The van der Waals surface area contributed by atoms with Crippen molar-refractivity contribution in [3.05, 3.63) is 57.6 Å². The Bertz CT molecular complexity index is 1040. The number of benzene rings is 1. The molecule has 0 amide bonds. The van der Waals surface area contributed by atoms with Crippen LogP contribution < -0.4 is 5.56 Å². The van der Waals surface area contributed by atoms with Gasteiger partial charge in [0.05, 0.1) is 29.3 Å². The van der Waals surface area contributed by atoms with Crippen LogP contribution in [0.3, 0.4) is 0 Å². The minimum absolute atomic E-state index is 0.0137. The maximum absolute atomic E-state index is 12.7. The van der Waals surface area contributed by atoms with Gasteiger partial charge in [-0.1, -0.05) is 23.9 Å². The molecule has 0 spiro atoms. The van der Waals surface area contributed by atoms with Crippen molar-refractivity contribution in [3.63, 3.8) is 0 Å². The molecule has 0 unspecified atom stereocenters. The maximum Gasteiger partial charge on any atom is 0.259 e. The standard InChI is InChI=1S/C20H23N3O3S/c1-12-9-16(14(3)23(12)13(2)10-26-4)18(24)11-27-20-21-17-8-6-5-7-15(17)19(25)22-20/h5-9,13H,10-11H2,1-4H3,(H,21,22,25)/t13-/m1/s1. The van der Waals surface area contributed by atoms with E-state index in [0.29, 0.717) is 28.2 Å². The first-order valence-electron chi connectivity index (χ1n) is 8.74. The van der Waals surface area contributed by atoms with Crippen LogP contribution >= 0.6 is 11.8 Å². The lowest BCUT2D eigenvalue weighted by Gasteiger charge is -2.17. The highest BCUT2D eigenvalue weighted by molar-refractivity contribution is 7.99. The first kappa shape index (κ1) is 19.4. The molecule has 1 aromatic carbocycles. The predicted molar refractivity (Wildman–Crippen MR) is 108 cm³/mol. The molecule has 1 atom stereocenters. The lowest BCUT2D eigenvalue weighted by atomic mass is 10.2. The van der Waals surface area contributed by atoms with Crippen LogP contribution in [-0.4, -0.2) is 39.8 Å². The Morgan fingerprint density at radius 2 is 2.07 bits per heavy atom. The van der Waals surface area contributed by atoms with E-state index < -0.39 is 0 Å². The fourth-order valence-electron chi connectivity index (χ4n) is 3.40. The molecule has 0 aliphatic carbocycles. The number of carbonyl (C=O) groups excluding carboxylic acids is 1. The number of fused-ring (bicyclic) bond motifs is 1. The first-order chi connectivity index (χ1) is 12.9. The highest BCUT2D eigenvalue weighted by Gasteiger charge is 2.19. The van der Waals surface area contributed by atoms with Gasteiger partial charge in [0.2, 0.25) is 0 Å². The van der Waals surface area contributed by atoms with Crippen LogP contribution in [0.2, 0.25) is 0 Å². The monoisotopic (exact) mass is 385 g/mol. The Morgan fingerprint density at radius 3 is 2.81 bits per heavy atom.